The van der Waals surface area contributed by atoms with Gasteiger partial charge in [-0.05, 0) is 98.2 Å². The first-order chi connectivity index (χ1) is 16.0. The predicted octanol–water partition coefficient (Wildman–Crippen LogP) is 3.63. The molecule has 4 saturated carbocycles. The van der Waals surface area contributed by atoms with Gasteiger partial charge in [-0.1, -0.05) is 27.7 Å². The van der Waals surface area contributed by atoms with E-state index >= 15 is 0 Å². The Hall–Kier alpha value is -1.27. The summed E-state index contributed by atoms with van der Waals surface area (Å²) in [6.07, 6.45) is 9.43. The number of rotatable bonds is 7. The van der Waals surface area contributed by atoms with E-state index in [4.69, 9.17) is 5.73 Å². The maximum atomic E-state index is 13.5. The van der Waals surface area contributed by atoms with Gasteiger partial charge in [-0.15, -0.1) is 0 Å². The molecular formula is C28H46N2O4. The average Bonchev–Trinajstić information content (AvgIpc) is 3.14. The highest BCUT2D eigenvalue weighted by Crippen LogP contribution is 2.67. The third-order valence-corrected chi connectivity index (χ3v) is 10.9. The van der Waals surface area contributed by atoms with Gasteiger partial charge in [0.15, 0.2) is 5.78 Å². The number of carbonyl (C=O) groups excluding carboxylic acids is 3. The quantitative estimate of drug-likeness (QED) is 0.488. The molecule has 4 rings (SSSR count). The summed E-state index contributed by atoms with van der Waals surface area (Å²) in [5.41, 5.74) is 5.72. The van der Waals surface area contributed by atoms with Gasteiger partial charge in [0.1, 0.15) is 5.78 Å². The van der Waals surface area contributed by atoms with Crippen molar-refractivity contribution in [3.63, 3.8) is 0 Å². The van der Waals surface area contributed by atoms with Gasteiger partial charge in [-0.2, -0.15) is 0 Å². The van der Waals surface area contributed by atoms with Gasteiger partial charge in [0.05, 0.1) is 25.1 Å². The summed E-state index contributed by atoms with van der Waals surface area (Å²) in [5, 5.41) is 13.0. The van der Waals surface area contributed by atoms with E-state index in [0.29, 0.717) is 29.1 Å². The van der Waals surface area contributed by atoms with Crippen molar-refractivity contribution in [3.8, 4) is 0 Å². The highest BCUT2D eigenvalue weighted by Gasteiger charge is 2.61. The lowest BCUT2D eigenvalue weighted by molar-refractivity contribution is -0.142. The highest BCUT2D eigenvalue weighted by atomic mass is 16.3. The topological polar surface area (TPSA) is 109 Å². The molecule has 0 saturated heterocycles. The largest absolute Gasteiger partial charge is 0.393 e. The Labute approximate surface area is 205 Å². The number of Topliss-reactive ketones (excluding diaryl/α,β-unsaturated/α-hetero) is 2. The molecule has 9 atom stereocenters. The van der Waals surface area contributed by atoms with Crippen LogP contribution in [0.3, 0.4) is 0 Å². The molecule has 0 aromatic rings. The number of hydrogen-bond acceptors (Lipinski definition) is 5. The monoisotopic (exact) mass is 474 g/mol. The van der Waals surface area contributed by atoms with E-state index in [9.17, 15) is 19.5 Å². The normalized spacial score (nSPS) is 42.3. The second-order valence-electron chi connectivity index (χ2n) is 12.9. The standard InChI is InChI=1S/C28H46N2O4/c1-16(2)26(30-25(34)15-29)24(33)14-23(32)22-8-7-20-19-6-5-17-13-18(31)9-11-27(17,3)21(19)10-12-28(20,22)4/h16-22,26,31H,5-15,29H2,1-4H3,(H,30,34)/t17-,18+,19-,20-,21-,22+,26-,27-,28-/m0/s1. The number of nitrogens with one attached hydrogen (secondary N) is 1. The van der Waals surface area contributed by atoms with Crippen molar-refractivity contribution in [2.75, 3.05) is 6.54 Å². The first-order valence-electron chi connectivity index (χ1n) is 13.7. The van der Waals surface area contributed by atoms with E-state index in [1.54, 1.807) is 0 Å². The molecule has 0 bridgehead atoms. The summed E-state index contributed by atoms with van der Waals surface area (Å²) in [6, 6.07) is -0.655. The Morgan fingerprint density at radius 2 is 1.65 bits per heavy atom. The van der Waals surface area contributed by atoms with Gasteiger partial charge in [0, 0.05) is 5.92 Å². The Morgan fingerprint density at radius 3 is 2.32 bits per heavy atom. The number of amides is 1. The summed E-state index contributed by atoms with van der Waals surface area (Å²) in [5.74, 6) is 1.94. The van der Waals surface area contributed by atoms with Crippen molar-refractivity contribution in [3.05, 3.63) is 0 Å². The fraction of sp³-hybridized carbons (Fsp3) is 0.893. The van der Waals surface area contributed by atoms with Gasteiger partial charge >= 0.3 is 0 Å². The SMILES string of the molecule is CC(C)[C@H](NC(=O)CN)C(=O)CC(=O)[C@H]1CC[C@H]2[C@@H]3CC[C@H]4C[C@H](O)CC[C@]4(C)[C@H]3CC[C@]12C. The van der Waals surface area contributed by atoms with Gasteiger partial charge in [0.2, 0.25) is 5.91 Å². The lowest BCUT2D eigenvalue weighted by Crippen LogP contribution is -2.54. The Kier molecular flexibility index (Phi) is 7.32. The van der Waals surface area contributed by atoms with E-state index in [2.05, 4.69) is 19.2 Å². The van der Waals surface area contributed by atoms with Gasteiger partial charge in [-0.3, -0.25) is 14.4 Å². The molecule has 192 valence electrons. The van der Waals surface area contributed by atoms with E-state index in [-0.39, 0.29) is 53.8 Å². The van der Waals surface area contributed by atoms with Crippen LogP contribution in [0.5, 0.6) is 0 Å². The first-order valence-corrected chi connectivity index (χ1v) is 13.7. The van der Waals surface area contributed by atoms with E-state index < -0.39 is 6.04 Å². The average molecular weight is 475 g/mol. The van der Waals surface area contributed by atoms with Crippen LogP contribution in [0.15, 0.2) is 0 Å². The second kappa shape index (κ2) is 9.65. The van der Waals surface area contributed by atoms with Crippen LogP contribution >= 0.6 is 0 Å². The molecule has 0 aliphatic heterocycles. The molecule has 0 heterocycles. The van der Waals surface area contributed by atoms with Crippen LogP contribution in [-0.4, -0.2) is 41.3 Å². The first kappa shape index (κ1) is 25.8. The van der Waals surface area contributed by atoms with Crippen LogP contribution in [0, 0.1) is 46.3 Å². The van der Waals surface area contributed by atoms with Gasteiger partial charge in [-0.25, -0.2) is 0 Å². The lowest BCUT2D eigenvalue weighted by atomic mass is 9.44. The zero-order valence-electron chi connectivity index (χ0n) is 21.6. The van der Waals surface area contributed by atoms with Crippen LogP contribution in [0.4, 0.5) is 0 Å². The molecule has 0 aromatic heterocycles. The van der Waals surface area contributed by atoms with Gasteiger partial charge < -0.3 is 16.2 Å². The van der Waals surface area contributed by atoms with Crippen molar-refractivity contribution in [1.29, 1.82) is 0 Å². The molecule has 4 aliphatic rings. The lowest BCUT2D eigenvalue weighted by Gasteiger charge is -2.60. The van der Waals surface area contributed by atoms with Crippen LogP contribution in [0.2, 0.25) is 0 Å². The minimum atomic E-state index is -0.655. The van der Waals surface area contributed by atoms with E-state index in [0.717, 1.165) is 38.5 Å². The van der Waals surface area contributed by atoms with Crippen molar-refractivity contribution in [2.24, 2.45) is 52.1 Å². The smallest absolute Gasteiger partial charge is 0.234 e. The summed E-state index contributed by atoms with van der Waals surface area (Å²) in [4.78, 5) is 38.3. The maximum Gasteiger partial charge on any atom is 0.234 e. The van der Waals surface area contributed by atoms with Crippen molar-refractivity contribution < 1.29 is 19.5 Å². The number of fused-ring (bicyclic) bond motifs is 5. The number of ketones is 2. The molecule has 0 radical (unpaired) electrons. The molecule has 0 aromatic carbocycles. The van der Waals surface area contributed by atoms with E-state index in [1.807, 2.05) is 13.8 Å². The zero-order valence-corrected chi connectivity index (χ0v) is 21.6. The summed E-state index contributed by atoms with van der Waals surface area (Å²) >= 11 is 0. The zero-order chi connectivity index (χ0) is 24.8. The van der Waals surface area contributed by atoms with Gasteiger partial charge in [0.25, 0.3) is 0 Å². The molecule has 34 heavy (non-hydrogen) atoms. The van der Waals surface area contributed by atoms with Crippen LogP contribution < -0.4 is 11.1 Å². The summed E-state index contributed by atoms with van der Waals surface area (Å²) < 4.78 is 0. The molecule has 6 nitrogen and oxygen atoms in total. The molecule has 4 aliphatic carbocycles. The number of carbonyl (C=O) groups is 3. The fourth-order valence-electron chi connectivity index (χ4n) is 9.02. The van der Waals surface area contributed by atoms with Crippen LogP contribution in [0.25, 0.3) is 0 Å². The summed E-state index contributed by atoms with van der Waals surface area (Å²) in [7, 11) is 0. The fourth-order valence-corrected chi connectivity index (χ4v) is 9.02. The second-order valence-corrected chi connectivity index (χ2v) is 12.9. The molecule has 4 fully saturated rings. The number of aliphatic hydroxyl groups is 1. The molecule has 0 unspecified atom stereocenters. The van der Waals surface area contributed by atoms with Crippen LogP contribution in [-0.2, 0) is 14.4 Å². The number of aliphatic hydroxyl groups excluding tert-OH is 1. The Balaban J connectivity index is 1.46. The molecule has 0 spiro atoms. The number of nitrogens with two attached hydrogens (primary N) is 1. The molecule has 6 heteroatoms. The third-order valence-electron chi connectivity index (χ3n) is 10.9. The van der Waals surface area contributed by atoms with E-state index in [1.165, 1.54) is 19.3 Å². The maximum absolute atomic E-state index is 13.5. The molecule has 4 N–H and O–H groups in total. The minimum absolute atomic E-state index is 0.0241. The van der Waals surface area contributed by atoms with Crippen molar-refractivity contribution >= 4 is 17.5 Å². The Morgan fingerprint density at radius 1 is 0.971 bits per heavy atom. The van der Waals surface area contributed by atoms with Crippen molar-refractivity contribution in [2.45, 2.75) is 104 Å². The number of hydrogen-bond donors (Lipinski definition) is 3. The minimum Gasteiger partial charge on any atom is -0.393 e. The predicted molar refractivity (Wildman–Crippen MR) is 132 cm³/mol. The molecular weight excluding hydrogens is 428 g/mol. The van der Waals surface area contributed by atoms with Crippen molar-refractivity contribution in [1.82, 2.24) is 5.32 Å². The highest BCUT2D eigenvalue weighted by molar-refractivity contribution is 6.04. The van der Waals surface area contributed by atoms with Crippen LogP contribution in [0.1, 0.15) is 91.9 Å². The third kappa shape index (κ3) is 4.38. The molecule has 1 amide bonds. The Bertz CT molecular complexity index is 812. The summed E-state index contributed by atoms with van der Waals surface area (Å²) in [6.45, 7) is 8.43.